The number of rotatable bonds is 7. The summed E-state index contributed by atoms with van der Waals surface area (Å²) in [6.45, 7) is 3.37. The monoisotopic (exact) mass is 357 g/mol. The minimum atomic E-state index is -1.29. The van der Waals surface area contributed by atoms with E-state index in [9.17, 15) is 9.59 Å². The minimum absolute atomic E-state index is 0.249. The van der Waals surface area contributed by atoms with Gasteiger partial charge in [0.2, 0.25) is 11.8 Å². The van der Waals surface area contributed by atoms with E-state index in [1.807, 2.05) is 6.07 Å². The molecular weight excluding hydrogens is 334 g/mol. The smallest absolute Gasteiger partial charge is 0.239 e. The number of methoxy groups -OCH3 is 2. The average molecular weight is 357 g/mol. The Labute approximate surface area is 152 Å². The van der Waals surface area contributed by atoms with Crippen molar-refractivity contribution in [1.82, 2.24) is 10.3 Å². The van der Waals surface area contributed by atoms with Gasteiger partial charge in [-0.25, -0.2) is 0 Å². The first-order valence-corrected chi connectivity index (χ1v) is 8.10. The highest BCUT2D eigenvalue weighted by molar-refractivity contribution is 6.10. The molecule has 2 N–H and O–H groups in total. The van der Waals surface area contributed by atoms with Crippen molar-refractivity contribution < 1.29 is 19.1 Å². The highest BCUT2D eigenvalue weighted by Gasteiger charge is 2.36. The van der Waals surface area contributed by atoms with E-state index in [-0.39, 0.29) is 6.54 Å². The Balaban J connectivity index is 2.08. The van der Waals surface area contributed by atoms with Crippen molar-refractivity contribution in [3.05, 3.63) is 48.3 Å². The minimum Gasteiger partial charge on any atom is -0.497 e. The summed E-state index contributed by atoms with van der Waals surface area (Å²) in [5, 5.41) is 5.47. The van der Waals surface area contributed by atoms with E-state index in [0.717, 1.165) is 0 Å². The molecule has 2 amide bonds. The second-order valence-electron chi connectivity index (χ2n) is 6.15. The molecule has 0 radical (unpaired) electrons. The quantitative estimate of drug-likeness (QED) is 0.743. The van der Waals surface area contributed by atoms with E-state index in [2.05, 4.69) is 15.6 Å². The Morgan fingerprint density at radius 1 is 1.08 bits per heavy atom. The van der Waals surface area contributed by atoms with Crippen LogP contribution < -0.4 is 20.1 Å². The number of hydrogen-bond acceptors (Lipinski definition) is 5. The number of anilines is 1. The van der Waals surface area contributed by atoms with Gasteiger partial charge < -0.3 is 20.1 Å². The van der Waals surface area contributed by atoms with E-state index < -0.39 is 17.2 Å². The van der Waals surface area contributed by atoms with Gasteiger partial charge in [0.25, 0.3) is 0 Å². The molecule has 0 unspecified atom stereocenters. The molecule has 0 spiro atoms. The largest absolute Gasteiger partial charge is 0.497 e. The lowest BCUT2D eigenvalue weighted by Crippen LogP contribution is -2.45. The van der Waals surface area contributed by atoms with Gasteiger partial charge in [-0.3, -0.25) is 14.6 Å². The third kappa shape index (κ3) is 4.50. The molecule has 2 aromatic rings. The van der Waals surface area contributed by atoms with Crippen LogP contribution in [0.1, 0.15) is 19.5 Å². The summed E-state index contributed by atoms with van der Waals surface area (Å²) >= 11 is 0. The molecule has 1 aromatic heterocycles. The predicted octanol–water partition coefficient (Wildman–Crippen LogP) is 2.38. The van der Waals surface area contributed by atoms with Gasteiger partial charge in [0.15, 0.2) is 0 Å². The summed E-state index contributed by atoms with van der Waals surface area (Å²) in [5.74, 6) is 0.187. The van der Waals surface area contributed by atoms with Gasteiger partial charge in [0, 0.05) is 12.3 Å². The number of nitrogens with zero attached hydrogens (tertiary/aromatic N) is 1. The van der Waals surface area contributed by atoms with Crippen LogP contribution in [-0.2, 0) is 16.1 Å². The molecule has 0 aliphatic rings. The van der Waals surface area contributed by atoms with Crippen molar-refractivity contribution in [3.63, 3.8) is 0 Å². The standard InChI is InChI=1S/C19H23N3O4/c1-19(2,17(23)21-12-13-7-5-6-10-20-13)18(24)22-15-11-14(25-3)8-9-16(15)26-4/h5-11H,12H2,1-4H3,(H,21,23)(H,22,24). The first-order chi connectivity index (χ1) is 12.4. The third-order valence-corrected chi connectivity index (χ3v) is 3.95. The molecule has 26 heavy (non-hydrogen) atoms. The second-order valence-corrected chi connectivity index (χ2v) is 6.15. The van der Waals surface area contributed by atoms with Crippen LogP contribution in [0.5, 0.6) is 11.5 Å². The molecule has 138 valence electrons. The number of amides is 2. The highest BCUT2D eigenvalue weighted by Crippen LogP contribution is 2.30. The SMILES string of the molecule is COc1ccc(OC)c(NC(=O)C(C)(C)C(=O)NCc2ccccn2)c1. The topological polar surface area (TPSA) is 89.5 Å². The van der Waals surface area contributed by atoms with Crippen molar-refractivity contribution >= 4 is 17.5 Å². The number of nitrogens with one attached hydrogen (secondary N) is 2. The van der Waals surface area contributed by atoms with Gasteiger partial charge in [-0.2, -0.15) is 0 Å². The van der Waals surface area contributed by atoms with Crippen LogP contribution in [0, 0.1) is 5.41 Å². The van der Waals surface area contributed by atoms with Crippen molar-refractivity contribution in [2.75, 3.05) is 19.5 Å². The summed E-state index contributed by atoms with van der Waals surface area (Å²) in [4.78, 5) is 29.3. The number of ether oxygens (including phenoxy) is 2. The molecule has 1 heterocycles. The zero-order valence-corrected chi connectivity index (χ0v) is 15.3. The molecule has 7 heteroatoms. The predicted molar refractivity (Wildman–Crippen MR) is 98.0 cm³/mol. The van der Waals surface area contributed by atoms with Crippen molar-refractivity contribution in [2.45, 2.75) is 20.4 Å². The van der Waals surface area contributed by atoms with Gasteiger partial charge in [-0.05, 0) is 38.1 Å². The summed E-state index contributed by atoms with van der Waals surface area (Å²) in [7, 11) is 3.03. The first kappa shape index (κ1) is 19.2. The molecule has 0 atom stereocenters. The molecule has 2 rings (SSSR count). The second kappa shape index (κ2) is 8.33. The van der Waals surface area contributed by atoms with E-state index >= 15 is 0 Å². The fourth-order valence-electron chi connectivity index (χ4n) is 2.19. The fourth-order valence-corrected chi connectivity index (χ4v) is 2.19. The van der Waals surface area contributed by atoms with Crippen LogP contribution in [0.3, 0.4) is 0 Å². The summed E-state index contributed by atoms with van der Waals surface area (Å²) in [6.07, 6.45) is 1.65. The summed E-state index contributed by atoms with van der Waals surface area (Å²) in [5.41, 5.74) is -0.142. The molecule has 0 bridgehead atoms. The maximum atomic E-state index is 12.7. The van der Waals surface area contributed by atoms with Crippen LogP contribution in [-0.4, -0.2) is 31.0 Å². The maximum absolute atomic E-state index is 12.7. The van der Waals surface area contributed by atoms with Gasteiger partial charge in [0.1, 0.15) is 16.9 Å². The Kier molecular flexibility index (Phi) is 6.16. The average Bonchev–Trinajstić information content (AvgIpc) is 2.66. The lowest BCUT2D eigenvalue weighted by atomic mass is 9.91. The van der Waals surface area contributed by atoms with E-state index in [1.54, 1.807) is 50.4 Å². The number of carbonyl (C=O) groups excluding carboxylic acids is 2. The van der Waals surface area contributed by atoms with Crippen LogP contribution in [0.15, 0.2) is 42.6 Å². The van der Waals surface area contributed by atoms with Crippen LogP contribution in [0.25, 0.3) is 0 Å². The first-order valence-electron chi connectivity index (χ1n) is 8.10. The number of benzene rings is 1. The third-order valence-electron chi connectivity index (χ3n) is 3.95. The molecular formula is C19H23N3O4. The summed E-state index contributed by atoms with van der Waals surface area (Å²) < 4.78 is 10.4. The fraction of sp³-hybridized carbons (Fsp3) is 0.316. The maximum Gasteiger partial charge on any atom is 0.239 e. The van der Waals surface area contributed by atoms with Crippen LogP contribution >= 0.6 is 0 Å². The van der Waals surface area contributed by atoms with Gasteiger partial charge in [0.05, 0.1) is 32.1 Å². The van der Waals surface area contributed by atoms with Gasteiger partial charge in [-0.1, -0.05) is 6.07 Å². The van der Waals surface area contributed by atoms with Crippen molar-refractivity contribution in [1.29, 1.82) is 0 Å². The molecule has 0 fully saturated rings. The lowest BCUT2D eigenvalue weighted by molar-refractivity contribution is -0.138. The van der Waals surface area contributed by atoms with E-state index in [4.69, 9.17) is 9.47 Å². The van der Waals surface area contributed by atoms with Gasteiger partial charge in [-0.15, -0.1) is 0 Å². The number of hydrogen-bond donors (Lipinski definition) is 2. The Hall–Kier alpha value is -3.09. The van der Waals surface area contributed by atoms with Crippen LogP contribution in [0.2, 0.25) is 0 Å². The molecule has 0 aliphatic carbocycles. The van der Waals surface area contributed by atoms with Gasteiger partial charge >= 0.3 is 0 Å². The summed E-state index contributed by atoms with van der Waals surface area (Å²) in [6, 6.07) is 10.5. The molecule has 0 saturated carbocycles. The Morgan fingerprint density at radius 2 is 1.85 bits per heavy atom. The lowest BCUT2D eigenvalue weighted by Gasteiger charge is -2.23. The van der Waals surface area contributed by atoms with Crippen LogP contribution in [0.4, 0.5) is 5.69 Å². The number of pyridine rings is 1. The molecule has 0 aliphatic heterocycles. The molecule has 7 nitrogen and oxygen atoms in total. The number of carbonyl (C=O) groups is 2. The van der Waals surface area contributed by atoms with E-state index in [1.165, 1.54) is 14.2 Å². The molecule has 0 saturated heterocycles. The van der Waals surface area contributed by atoms with Crippen molar-refractivity contribution in [2.24, 2.45) is 5.41 Å². The normalized spacial score (nSPS) is 10.8. The van der Waals surface area contributed by atoms with E-state index in [0.29, 0.717) is 22.9 Å². The number of aromatic nitrogens is 1. The molecule has 1 aromatic carbocycles. The Morgan fingerprint density at radius 3 is 2.46 bits per heavy atom. The van der Waals surface area contributed by atoms with Crippen molar-refractivity contribution in [3.8, 4) is 11.5 Å². The zero-order valence-electron chi connectivity index (χ0n) is 15.3. The Bertz CT molecular complexity index is 776. The zero-order chi connectivity index (χ0) is 19.2. The highest BCUT2D eigenvalue weighted by atomic mass is 16.5.